The van der Waals surface area contributed by atoms with Gasteiger partial charge < -0.3 is 5.32 Å². The summed E-state index contributed by atoms with van der Waals surface area (Å²) in [6, 6.07) is 0.576. The number of aryl methyl sites for hydroxylation is 1. The van der Waals surface area contributed by atoms with E-state index in [1.54, 1.807) is 11.3 Å². The van der Waals surface area contributed by atoms with Crippen LogP contribution in [0.3, 0.4) is 0 Å². The minimum Gasteiger partial charge on any atom is -0.310 e. The average Bonchev–Trinajstić information content (AvgIpc) is 2.58. The van der Waals surface area contributed by atoms with Crippen LogP contribution in [0.15, 0.2) is 23.4 Å². The van der Waals surface area contributed by atoms with Gasteiger partial charge >= 0.3 is 0 Å². The molecule has 0 saturated carbocycles. The van der Waals surface area contributed by atoms with Gasteiger partial charge in [0.2, 0.25) is 0 Å². The third-order valence-electron chi connectivity index (χ3n) is 2.41. The molecule has 78 valence electrons. The minimum absolute atomic E-state index is 0.576. The van der Waals surface area contributed by atoms with Crippen LogP contribution in [0.1, 0.15) is 30.9 Å². The lowest BCUT2D eigenvalue weighted by Crippen LogP contribution is -2.25. The molecular weight excluding hydrogens is 190 g/mol. The highest BCUT2D eigenvalue weighted by Crippen LogP contribution is 2.13. The molecule has 1 nitrogen and oxygen atoms in total. The van der Waals surface area contributed by atoms with Crippen LogP contribution in [0.2, 0.25) is 0 Å². The van der Waals surface area contributed by atoms with E-state index in [0.717, 1.165) is 13.0 Å². The molecule has 1 N–H and O–H groups in total. The maximum absolute atomic E-state index is 3.73. The van der Waals surface area contributed by atoms with Crippen molar-refractivity contribution in [2.45, 2.75) is 39.3 Å². The monoisotopic (exact) mass is 209 g/mol. The van der Waals surface area contributed by atoms with E-state index in [4.69, 9.17) is 0 Å². The SMILES string of the molecule is C=CCCC(C)NCc1cscc1C. The maximum Gasteiger partial charge on any atom is 0.0218 e. The van der Waals surface area contributed by atoms with Gasteiger partial charge in [0.25, 0.3) is 0 Å². The second-order valence-corrected chi connectivity index (χ2v) is 4.47. The molecule has 1 aromatic rings. The van der Waals surface area contributed by atoms with E-state index in [1.165, 1.54) is 17.5 Å². The van der Waals surface area contributed by atoms with Crippen molar-refractivity contribution < 1.29 is 0 Å². The lowest BCUT2D eigenvalue weighted by Gasteiger charge is -2.12. The zero-order chi connectivity index (χ0) is 10.4. The molecule has 0 radical (unpaired) electrons. The molecule has 0 spiro atoms. The Hall–Kier alpha value is -0.600. The predicted octanol–water partition coefficient (Wildman–Crippen LogP) is 3.50. The number of allylic oxidation sites excluding steroid dienone is 1. The molecule has 0 aliphatic carbocycles. The van der Waals surface area contributed by atoms with Gasteiger partial charge in [-0.1, -0.05) is 6.08 Å². The Kier molecular flexibility index (Phi) is 4.91. The molecule has 14 heavy (non-hydrogen) atoms. The predicted molar refractivity (Wildman–Crippen MR) is 64.8 cm³/mol. The van der Waals surface area contributed by atoms with Crippen molar-refractivity contribution >= 4 is 11.3 Å². The number of nitrogens with one attached hydrogen (secondary N) is 1. The zero-order valence-corrected chi connectivity index (χ0v) is 9.86. The van der Waals surface area contributed by atoms with Crippen molar-refractivity contribution in [2.75, 3.05) is 0 Å². The summed E-state index contributed by atoms with van der Waals surface area (Å²) in [5.74, 6) is 0. The van der Waals surface area contributed by atoms with Gasteiger partial charge in [0, 0.05) is 12.6 Å². The Morgan fingerprint density at radius 1 is 1.57 bits per heavy atom. The summed E-state index contributed by atoms with van der Waals surface area (Å²) < 4.78 is 0. The Labute approximate surface area is 90.9 Å². The van der Waals surface area contributed by atoms with E-state index in [-0.39, 0.29) is 0 Å². The highest BCUT2D eigenvalue weighted by molar-refractivity contribution is 7.08. The van der Waals surface area contributed by atoms with Gasteiger partial charge in [-0.15, -0.1) is 6.58 Å². The van der Waals surface area contributed by atoms with E-state index >= 15 is 0 Å². The molecule has 0 bridgehead atoms. The summed E-state index contributed by atoms with van der Waals surface area (Å²) in [4.78, 5) is 0. The fourth-order valence-corrected chi connectivity index (χ4v) is 2.18. The van der Waals surface area contributed by atoms with Crippen LogP contribution in [-0.2, 0) is 6.54 Å². The third kappa shape index (κ3) is 3.64. The molecule has 1 rings (SSSR count). The standard InChI is InChI=1S/C12H19NS/c1-4-5-6-11(3)13-7-12-9-14-8-10(12)2/h4,8-9,11,13H,1,5-7H2,2-3H3. The fourth-order valence-electron chi connectivity index (χ4n) is 1.32. The highest BCUT2D eigenvalue weighted by atomic mass is 32.1. The van der Waals surface area contributed by atoms with E-state index < -0.39 is 0 Å². The molecule has 1 unspecified atom stereocenters. The molecule has 0 amide bonds. The Morgan fingerprint density at radius 3 is 2.93 bits per heavy atom. The van der Waals surface area contributed by atoms with Crippen LogP contribution in [0.4, 0.5) is 0 Å². The van der Waals surface area contributed by atoms with Crippen molar-refractivity contribution in [2.24, 2.45) is 0 Å². The van der Waals surface area contributed by atoms with Gasteiger partial charge in [-0.2, -0.15) is 11.3 Å². The van der Waals surface area contributed by atoms with Crippen molar-refractivity contribution in [3.63, 3.8) is 0 Å². The molecule has 1 heterocycles. The van der Waals surface area contributed by atoms with Crippen LogP contribution in [-0.4, -0.2) is 6.04 Å². The number of hydrogen-bond acceptors (Lipinski definition) is 2. The quantitative estimate of drug-likeness (QED) is 0.707. The first-order chi connectivity index (χ1) is 6.74. The zero-order valence-electron chi connectivity index (χ0n) is 9.05. The lowest BCUT2D eigenvalue weighted by atomic mass is 10.1. The Morgan fingerprint density at radius 2 is 2.36 bits per heavy atom. The normalized spacial score (nSPS) is 12.7. The van der Waals surface area contributed by atoms with E-state index in [0.29, 0.717) is 6.04 Å². The van der Waals surface area contributed by atoms with Crippen molar-refractivity contribution in [3.05, 3.63) is 34.5 Å². The summed E-state index contributed by atoms with van der Waals surface area (Å²) in [5.41, 5.74) is 2.83. The molecular formula is C12H19NS. The summed E-state index contributed by atoms with van der Waals surface area (Å²) in [6.07, 6.45) is 4.25. The number of thiophene rings is 1. The van der Waals surface area contributed by atoms with Gasteiger partial charge in [-0.3, -0.25) is 0 Å². The molecule has 0 fully saturated rings. The average molecular weight is 209 g/mol. The van der Waals surface area contributed by atoms with Crippen LogP contribution in [0.25, 0.3) is 0 Å². The minimum atomic E-state index is 0.576. The van der Waals surface area contributed by atoms with Crippen LogP contribution in [0.5, 0.6) is 0 Å². The van der Waals surface area contributed by atoms with Gasteiger partial charge in [-0.05, 0) is 48.6 Å². The summed E-state index contributed by atoms with van der Waals surface area (Å²) in [5, 5.41) is 7.94. The maximum atomic E-state index is 3.73. The first kappa shape index (κ1) is 11.5. The van der Waals surface area contributed by atoms with E-state index in [2.05, 4.69) is 36.5 Å². The molecule has 0 aliphatic heterocycles. The summed E-state index contributed by atoms with van der Waals surface area (Å²) >= 11 is 1.78. The first-order valence-electron chi connectivity index (χ1n) is 5.10. The Bertz CT molecular complexity index is 278. The molecule has 0 aliphatic rings. The fraction of sp³-hybridized carbons (Fsp3) is 0.500. The molecule has 0 saturated heterocycles. The second-order valence-electron chi connectivity index (χ2n) is 3.73. The number of hydrogen-bond donors (Lipinski definition) is 1. The third-order valence-corrected chi connectivity index (χ3v) is 3.32. The summed E-state index contributed by atoms with van der Waals surface area (Å²) in [7, 11) is 0. The van der Waals surface area contributed by atoms with Gasteiger partial charge in [0.05, 0.1) is 0 Å². The number of rotatable bonds is 6. The first-order valence-corrected chi connectivity index (χ1v) is 6.04. The molecule has 1 atom stereocenters. The highest BCUT2D eigenvalue weighted by Gasteiger charge is 2.02. The van der Waals surface area contributed by atoms with Gasteiger partial charge in [0.15, 0.2) is 0 Å². The van der Waals surface area contributed by atoms with Crippen LogP contribution >= 0.6 is 11.3 Å². The second kappa shape index (κ2) is 5.99. The van der Waals surface area contributed by atoms with Crippen molar-refractivity contribution in [3.8, 4) is 0 Å². The van der Waals surface area contributed by atoms with Gasteiger partial charge in [-0.25, -0.2) is 0 Å². The molecule has 1 aromatic heterocycles. The van der Waals surface area contributed by atoms with Crippen molar-refractivity contribution in [1.29, 1.82) is 0 Å². The van der Waals surface area contributed by atoms with E-state index in [1.807, 2.05) is 6.08 Å². The van der Waals surface area contributed by atoms with Crippen LogP contribution < -0.4 is 5.32 Å². The lowest BCUT2D eigenvalue weighted by molar-refractivity contribution is 0.518. The smallest absolute Gasteiger partial charge is 0.0218 e. The molecule has 2 heteroatoms. The topological polar surface area (TPSA) is 12.0 Å². The largest absolute Gasteiger partial charge is 0.310 e. The summed E-state index contributed by atoms with van der Waals surface area (Å²) in [6.45, 7) is 9.12. The van der Waals surface area contributed by atoms with Crippen LogP contribution in [0, 0.1) is 6.92 Å². The molecule has 0 aromatic carbocycles. The van der Waals surface area contributed by atoms with Crippen molar-refractivity contribution in [1.82, 2.24) is 5.32 Å². The van der Waals surface area contributed by atoms with Gasteiger partial charge in [0.1, 0.15) is 0 Å². The van der Waals surface area contributed by atoms with E-state index in [9.17, 15) is 0 Å². The Balaban J connectivity index is 2.26.